The lowest BCUT2D eigenvalue weighted by Gasteiger charge is -2.09. The quantitative estimate of drug-likeness (QED) is 0.617. The second-order valence-corrected chi connectivity index (χ2v) is 5.98. The molecule has 3 aromatic rings. The van der Waals surface area contributed by atoms with E-state index >= 15 is 0 Å². The van der Waals surface area contributed by atoms with Crippen LogP contribution in [0.1, 0.15) is 22.5 Å². The maximum atomic E-state index is 9.54. The highest BCUT2D eigenvalue weighted by molar-refractivity contribution is 6.30. The van der Waals surface area contributed by atoms with E-state index in [2.05, 4.69) is 28.6 Å². The van der Waals surface area contributed by atoms with Crippen LogP contribution in [0.2, 0.25) is 5.02 Å². The number of nitrogens with zero attached hydrogens (tertiary/aromatic N) is 3. The Morgan fingerprint density at radius 1 is 1.17 bits per heavy atom. The van der Waals surface area contributed by atoms with Crippen molar-refractivity contribution in [3.8, 4) is 11.8 Å². The maximum Gasteiger partial charge on any atom is 0.0998 e. The van der Waals surface area contributed by atoms with E-state index in [0.29, 0.717) is 10.6 Å². The van der Waals surface area contributed by atoms with Gasteiger partial charge in [0.2, 0.25) is 0 Å². The number of halogens is 1. The number of benzene rings is 1. The fraction of sp³-hybridized carbons (Fsp3) is 0.100. The number of nitriles is 1. The zero-order valence-corrected chi connectivity index (χ0v) is 14.2. The molecule has 0 radical (unpaired) electrons. The lowest BCUT2D eigenvalue weighted by atomic mass is 10.0. The predicted molar refractivity (Wildman–Crippen MR) is 98.0 cm³/mol. The minimum absolute atomic E-state index is 0.590. The summed E-state index contributed by atoms with van der Waals surface area (Å²) < 4.78 is 2.15. The number of rotatable bonds is 3. The maximum absolute atomic E-state index is 9.54. The summed E-state index contributed by atoms with van der Waals surface area (Å²) in [4.78, 5) is 4.07. The molecule has 0 unspecified atom stereocenters. The molecule has 3 rings (SSSR count). The summed E-state index contributed by atoms with van der Waals surface area (Å²) in [5.74, 6) is 0. The molecular formula is C20H16ClN3. The van der Waals surface area contributed by atoms with Gasteiger partial charge in [0.15, 0.2) is 0 Å². The molecule has 0 saturated carbocycles. The first kappa shape index (κ1) is 16.0. The number of aryl methyl sites for hydroxylation is 1. The van der Waals surface area contributed by atoms with E-state index in [4.69, 9.17) is 11.6 Å². The molecule has 0 aliphatic rings. The van der Waals surface area contributed by atoms with Crippen molar-refractivity contribution in [1.82, 2.24) is 9.55 Å². The van der Waals surface area contributed by atoms with E-state index in [1.165, 1.54) is 0 Å². The lowest BCUT2D eigenvalue weighted by Crippen LogP contribution is -1.98. The molecule has 2 aromatic heterocycles. The Kier molecular flexibility index (Phi) is 4.50. The third-order valence-electron chi connectivity index (χ3n) is 3.95. The molecule has 2 heterocycles. The number of hydrogen-bond acceptors (Lipinski definition) is 2. The highest BCUT2D eigenvalue weighted by Gasteiger charge is 2.11. The van der Waals surface area contributed by atoms with E-state index in [1.807, 2.05) is 37.3 Å². The second kappa shape index (κ2) is 6.74. The fourth-order valence-corrected chi connectivity index (χ4v) is 3.01. The molecule has 0 bridgehead atoms. The molecule has 0 aliphatic carbocycles. The Morgan fingerprint density at radius 3 is 2.58 bits per heavy atom. The molecule has 0 N–H and O–H groups in total. The topological polar surface area (TPSA) is 41.6 Å². The molecule has 0 aliphatic heterocycles. The fourth-order valence-electron chi connectivity index (χ4n) is 2.82. The van der Waals surface area contributed by atoms with E-state index in [1.54, 1.807) is 24.5 Å². The van der Waals surface area contributed by atoms with Crippen molar-refractivity contribution in [1.29, 1.82) is 5.26 Å². The van der Waals surface area contributed by atoms with Crippen molar-refractivity contribution in [3.63, 3.8) is 0 Å². The SMILES string of the molecule is Cc1cc(C=C(C#N)c2cccc(Cl)c2)c(C)n1-c1ccncc1. The van der Waals surface area contributed by atoms with Crippen LogP contribution in [-0.2, 0) is 0 Å². The Bertz CT molecular complexity index is 947. The van der Waals surface area contributed by atoms with Crippen molar-refractivity contribution >= 4 is 23.3 Å². The molecule has 0 saturated heterocycles. The molecule has 0 fully saturated rings. The Morgan fingerprint density at radius 2 is 1.92 bits per heavy atom. The number of pyridine rings is 1. The van der Waals surface area contributed by atoms with Crippen LogP contribution < -0.4 is 0 Å². The minimum atomic E-state index is 0.590. The van der Waals surface area contributed by atoms with Crippen molar-refractivity contribution < 1.29 is 0 Å². The van der Waals surface area contributed by atoms with Crippen molar-refractivity contribution in [2.45, 2.75) is 13.8 Å². The van der Waals surface area contributed by atoms with E-state index in [9.17, 15) is 5.26 Å². The summed E-state index contributed by atoms with van der Waals surface area (Å²) in [6.07, 6.45) is 5.46. The van der Waals surface area contributed by atoms with Gasteiger partial charge < -0.3 is 4.57 Å². The average Bonchev–Trinajstić information content (AvgIpc) is 2.87. The molecule has 0 spiro atoms. The largest absolute Gasteiger partial charge is 0.318 e. The molecular weight excluding hydrogens is 318 g/mol. The third-order valence-corrected chi connectivity index (χ3v) is 4.18. The van der Waals surface area contributed by atoms with Gasteiger partial charge in [0.25, 0.3) is 0 Å². The van der Waals surface area contributed by atoms with Gasteiger partial charge in [0.1, 0.15) is 0 Å². The van der Waals surface area contributed by atoms with Crippen LogP contribution in [-0.4, -0.2) is 9.55 Å². The molecule has 1 aromatic carbocycles. The molecule has 0 atom stereocenters. The number of aromatic nitrogens is 2. The van der Waals surface area contributed by atoms with Crippen molar-refractivity contribution in [2.24, 2.45) is 0 Å². The summed E-state index contributed by atoms with van der Waals surface area (Å²) >= 11 is 6.04. The van der Waals surface area contributed by atoms with Crippen LogP contribution in [0.25, 0.3) is 17.3 Å². The Hall–Kier alpha value is -2.83. The highest BCUT2D eigenvalue weighted by atomic mass is 35.5. The van der Waals surface area contributed by atoms with Crippen LogP contribution >= 0.6 is 11.6 Å². The number of allylic oxidation sites excluding steroid dienone is 1. The van der Waals surface area contributed by atoms with Gasteiger partial charge in [-0.05, 0) is 61.4 Å². The van der Waals surface area contributed by atoms with Crippen molar-refractivity contribution in [3.05, 3.63) is 82.4 Å². The smallest absolute Gasteiger partial charge is 0.0998 e. The summed E-state index contributed by atoms with van der Waals surface area (Å²) in [5, 5.41) is 10.2. The third kappa shape index (κ3) is 3.10. The van der Waals surface area contributed by atoms with E-state index in [-0.39, 0.29) is 0 Å². The minimum Gasteiger partial charge on any atom is -0.318 e. The molecule has 118 valence electrons. The molecule has 0 amide bonds. The monoisotopic (exact) mass is 333 g/mol. The normalized spacial score (nSPS) is 11.3. The van der Waals surface area contributed by atoms with Gasteiger partial charge in [-0.25, -0.2) is 0 Å². The highest BCUT2D eigenvalue weighted by Crippen LogP contribution is 2.26. The van der Waals surface area contributed by atoms with Gasteiger partial charge in [-0.15, -0.1) is 0 Å². The molecule has 4 heteroatoms. The van der Waals surface area contributed by atoms with E-state index in [0.717, 1.165) is 28.2 Å². The summed E-state index contributed by atoms with van der Waals surface area (Å²) in [6.45, 7) is 4.10. The first-order chi connectivity index (χ1) is 11.6. The van der Waals surface area contributed by atoms with Crippen molar-refractivity contribution in [2.75, 3.05) is 0 Å². The summed E-state index contributed by atoms with van der Waals surface area (Å²) in [5.41, 5.74) is 5.66. The molecule has 24 heavy (non-hydrogen) atoms. The first-order valence-electron chi connectivity index (χ1n) is 7.57. The van der Waals surface area contributed by atoms with Gasteiger partial charge in [0, 0.05) is 34.5 Å². The van der Waals surface area contributed by atoms with Gasteiger partial charge in [-0.1, -0.05) is 23.7 Å². The van der Waals surface area contributed by atoms with Crippen LogP contribution in [0.3, 0.4) is 0 Å². The van der Waals surface area contributed by atoms with Gasteiger partial charge in [-0.2, -0.15) is 5.26 Å². The summed E-state index contributed by atoms with van der Waals surface area (Å²) in [6, 6.07) is 15.6. The van der Waals surface area contributed by atoms with Gasteiger partial charge in [-0.3, -0.25) is 4.98 Å². The van der Waals surface area contributed by atoms with Gasteiger partial charge >= 0.3 is 0 Å². The Balaban J connectivity index is 2.09. The molecule has 3 nitrogen and oxygen atoms in total. The first-order valence-corrected chi connectivity index (χ1v) is 7.95. The Labute approximate surface area is 146 Å². The predicted octanol–water partition coefficient (Wildman–Crippen LogP) is 5.21. The van der Waals surface area contributed by atoms with E-state index < -0.39 is 0 Å². The second-order valence-electron chi connectivity index (χ2n) is 5.55. The zero-order valence-electron chi connectivity index (χ0n) is 13.5. The summed E-state index contributed by atoms with van der Waals surface area (Å²) in [7, 11) is 0. The van der Waals surface area contributed by atoms with Crippen LogP contribution in [0.5, 0.6) is 0 Å². The van der Waals surface area contributed by atoms with Crippen LogP contribution in [0, 0.1) is 25.2 Å². The lowest BCUT2D eigenvalue weighted by molar-refractivity contribution is 0.960. The zero-order chi connectivity index (χ0) is 17.1. The van der Waals surface area contributed by atoms with Crippen LogP contribution in [0.4, 0.5) is 0 Å². The van der Waals surface area contributed by atoms with Gasteiger partial charge in [0.05, 0.1) is 11.6 Å². The standard InChI is InChI=1S/C20H16ClN3/c1-14-10-17(15(2)24(14)20-6-8-23-9-7-20)11-18(13-22)16-4-3-5-19(21)12-16/h3-12H,1-2H3. The average molecular weight is 334 g/mol. The number of hydrogen-bond donors (Lipinski definition) is 0. The van der Waals surface area contributed by atoms with Crippen LogP contribution in [0.15, 0.2) is 54.9 Å².